The second-order valence-corrected chi connectivity index (χ2v) is 5.05. The van der Waals surface area contributed by atoms with E-state index < -0.39 is 11.7 Å². The molecule has 1 amide bonds. The van der Waals surface area contributed by atoms with Gasteiger partial charge in [0.2, 0.25) is 0 Å². The summed E-state index contributed by atoms with van der Waals surface area (Å²) in [5, 5.41) is 8.19. The van der Waals surface area contributed by atoms with Gasteiger partial charge in [-0.2, -0.15) is 0 Å². The number of thiazole rings is 1. The van der Waals surface area contributed by atoms with E-state index in [4.69, 9.17) is 4.74 Å². The topological polar surface area (TPSA) is 63.2 Å². The second kappa shape index (κ2) is 5.16. The number of amides is 1. The molecule has 0 aliphatic carbocycles. The third kappa shape index (κ3) is 4.48. The summed E-state index contributed by atoms with van der Waals surface area (Å²) in [5.74, 6) is 0.509. The Labute approximate surface area is 99.2 Å². The maximum absolute atomic E-state index is 11.4. The fourth-order valence-electron chi connectivity index (χ4n) is 0.972. The van der Waals surface area contributed by atoms with Gasteiger partial charge in [0, 0.05) is 11.9 Å². The summed E-state index contributed by atoms with van der Waals surface area (Å²) in [7, 11) is 0. The summed E-state index contributed by atoms with van der Waals surface area (Å²) in [6, 6.07) is 0. The predicted octanol–water partition coefficient (Wildman–Crippen LogP) is 2.92. The van der Waals surface area contributed by atoms with Gasteiger partial charge in [-0.25, -0.2) is 9.78 Å². The van der Waals surface area contributed by atoms with Crippen molar-refractivity contribution in [1.29, 1.82) is 0 Å². The molecule has 2 N–H and O–H groups in total. The average molecular weight is 243 g/mol. The van der Waals surface area contributed by atoms with Crippen molar-refractivity contribution in [3.8, 4) is 0 Å². The highest BCUT2D eigenvalue weighted by atomic mass is 32.1. The van der Waals surface area contributed by atoms with Crippen LogP contribution >= 0.6 is 11.3 Å². The van der Waals surface area contributed by atoms with Crippen molar-refractivity contribution in [2.75, 3.05) is 17.2 Å². The van der Waals surface area contributed by atoms with Crippen LogP contribution in [0.25, 0.3) is 0 Å². The Bertz CT molecular complexity index is 357. The Kier molecular flexibility index (Phi) is 4.12. The van der Waals surface area contributed by atoms with E-state index >= 15 is 0 Å². The van der Waals surface area contributed by atoms with Gasteiger partial charge in [-0.1, -0.05) is 0 Å². The molecule has 1 aromatic rings. The fraction of sp³-hybridized carbons (Fsp3) is 0.600. The van der Waals surface area contributed by atoms with Crippen molar-refractivity contribution < 1.29 is 9.53 Å². The molecule has 1 heterocycles. The van der Waals surface area contributed by atoms with Gasteiger partial charge in [0.05, 0.1) is 0 Å². The monoisotopic (exact) mass is 243 g/mol. The Morgan fingerprint density at radius 1 is 1.56 bits per heavy atom. The minimum Gasteiger partial charge on any atom is -0.444 e. The van der Waals surface area contributed by atoms with Gasteiger partial charge in [0.15, 0.2) is 5.13 Å². The third-order valence-corrected chi connectivity index (χ3v) is 2.26. The normalized spacial score (nSPS) is 11.0. The Morgan fingerprint density at radius 2 is 2.25 bits per heavy atom. The highest BCUT2D eigenvalue weighted by Crippen LogP contribution is 2.19. The quantitative estimate of drug-likeness (QED) is 0.856. The van der Waals surface area contributed by atoms with Crippen LogP contribution in [-0.4, -0.2) is 23.2 Å². The molecule has 90 valence electrons. The van der Waals surface area contributed by atoms with Gasteiger partial charge in [-0.3, -0.25) is 5.32 Å². The molecule has 0 aromatic carbocycles. The fourth-order valence-corrected chi connectivity index (χ4v) is 1.69. The highest BCUT2D eigenvalue weighted by Gasteiger charge is 2.16. The first-order valence-electron chi connectivity index (χ1n) is 5.10. The van der Waals surface area contributed by atoms with Gasteiger partial charge in [0.25, 0.3) is 0 Å². The lowest BCUT2D eigenvalue weighted by atomic mass is 10.2. The van der Waals surface area contributed by atoms with Crippen LogP contribution in [0, 0.1) is 0 Å². The zero-order valence-corrected chi connectivity index (χ0v) is 10.8. The predicted molar refractivity (Wildman–Crippen MR) is 66.1 cm³/mol. The number of nitrogens with zero attached hydrogens (tertiary/aromatic N) is 1. The van der Waals surface area contributed by atoms with Crippen molar-refractivity contribution in [1.82, 2.24) is 4.98 Å². The smallest absolute Gasteiger partial charge is 0.413 e. The van der Waals surface area contributed by atoms with E-state index in [1.165, 1.54) is 11.3 Å². The molecule has 0 fully saturated rings. The zero-order chi connectivity index (χ0) is 12.2. The molecule has 0 aliphatic heterocycles. The minimum absolute atomic E-state index is 0.485. The van der Waals surface area contributed by atoms with E-state index in [0.717, 1.165) is 11.7 Å². The van der Waals surface area contributed by atoms with Gasteiger partial charge >= 0.3 is 6.09 Å². The first kappa shape index (κ1) is 12.8. The van der Waals surface area contributed by atoms with E-state index in [1.807, 2.05) is 27.7 Å². The van der Waals surface area contributed by atoms with Gasteiger partial charge in [-0.15, -0.1) is 11.3 Å². The number of carbonyl (C=O) groups excluding carboxylic acids is 1. The van der Waals surface area contributed by atoms with E-state index in [2.05, 4.69) is 15.6 Å². The molecule has 0 radical (unpaired) electrons. The van der Waals surface area contributed by atoms with Crippen molar-refractivity contribution in [2.45, 2.75) is 33.3 Å². The number of rotatable bonds is 3. The summed E-state index contributed by atoms with van der Waals surface area (Å²) in [5.41, 5.74) is -0.495. The summed E-state index contributed by atoms with van der Waals surface area (Å²) in [4.78, 5) is 15.6. The van der Waals surface area contributed by atoms with Gasteiger partial charge in [-0.05, 0) is 27.7 Å². The summed E-state index contributed by atoms with van der Waals surface area (Å²) in [6.07, 6.45) is -0.485. The van der Waals surface area contributed by atoms with E-state index in [9.17, 15) is 4.79 Å². The molecule has 0 spiro atoms. The molecule has 0 saturated heterocycles. The molecular formula is C10H17N3O2S. The van der Waals surface area contributed by atoms with E-state index in [0.29, 0.717) is 5.82 Å². The van der Waals surface area contributed by atoms with E-state index in [1.54, 1.807) is 5.38 Å². The Hall–Kier alpha value is -1.30. The maximum atomic E-state index is 11.4. The van der Waals surface area contributed by atoms with Crippen LogP contribution < -0.4 is 10.6 Å². The average Bonchev–Trinajstić information content (AvgIpc) is 2.49. The zero-order valence-electron chi connectivity index (χ0n) is 9.96. The molecule has 16 heavy (non-hydrogen) atoms. The van der Waals surface area contributed by atoms with Crippen molar-refractivity contribution >= 4 is 28.4 Å². The molecule has 0 saturated carbocycles. The lowest BCUT2D eigenvalue weighted by molar-refractivity contribution is 0.0635. The lowest BCUT2D eigenvalue weighted by Crippen LogP contribution is -2.27. The number of carbonyl (C=O) groups is 1. The molecule has 1 aromatic heterocycles. The van der Waals surface area contributed by atoms with Crippen molar-refractivity contribution in [3.05, 3.63) is 5.38 Å². The standard InChI is InChI=1S/C10H17N3O2S/c1-5-11-8-12-7(6-16-8)13-9(14)15-10(2,3)4/h6H,5H2,1-4H3,(H,11,12)(H,13,14). The summed E-state index contributed by atoms with van der Waals surface area (Å²) >= 11 is 1.44. The molecule has 0 bridgehead atoms. The largest absolute Gasteiger partial charge is 0.444 e. The van der Waals surface area contributed by atoms with Crippen LogP contribution in [0.4, 0.5) is 15.7 Å². The number of hydrogen-bond donors (Lipinski definition) is 2. The van der Waals surface area contributed by atoms with E-state index in [-0.39, 0.29) is 0 Å². The first-order chi connectivity index (χ1) is 7.40. The highest BCUT2D eigenvalue weighted by molar-refractivity contribution is 7.14. The molecule has 0 aliphatic rings. The number of nitrogens with one attached hydrogen (secondary N) is 2. The maximum Gasteiger partial charge on any atom is 0.413 e. The summed E-state index contributed by atoms with van der Waals surface area (Å²) in [6.45, 7) is 8.24. The van der Waals surface area contributed by atoms with Crippen molar-refractivity contribution in [2.24, 2.45) is 0 Å². The molecule has 1 rings (SSSR count). The number of hydrogen-bond acceptors (Lipinski definition) is 5. The van der Waals surface area contributed by atoms with Gasteiger partial charge in [0.1, 0.15) is 11.4 Å². The molecule has 5 nitrogen and oxygen atoms in total. The minimum atomic E-state index is -0.495. The summed E-state index contributed by atoms with van der Waals surface area (Å²) < 4.78 is 5.11. The van der Waals surface area contributed by atoms with Crippen LogP contribution in [0.15, 0.2) is 5.38 Å². The van der Waals surface area contributed by atoms with Gasteiger partial charge < -0.3 is 10.1 Å². The van der Waals surface area contributed by atoms with Crippen LogP contribution in [0.2, 0.25) is 0 Å². The lowest BCUT2D eigenvalue weighted by Gasteiger charge is -2.19. The SMILES string of the molecule is CCNc1nc(NC(=O)OC(C)(C)C)cs1. The van der Waals surface area contributed by atoms with Crippen LogP contribution in [0.3, 0.4) is 0 Å². The van der Waals surface area contributed by atoms with Crippen LogP contribution in [0.1, 0.15) is 27.7 Å². The number of ether oxygens (including phenoxy) is 1. The van der Waals surface area contributed by atoms with Crippen molar-refractivity contribution in [3.63, 3.8) is 0 Å². The second-order valence-electron chi connectivity index (χ2n) is 4.20. The Balaban J connectivity index is 2.50. The molecule has 0 unspecified atom stereocenters. The number of anilines is 2. The molecular weight excluding hydrogens is 226 g/mol. The Morgan fingerprint density at radius 3 is 2.81 bits per heavy atom. The van der Waals surface area contributed by atoms with Crippen LogP contribution in [-0.2, 0) is 4.74 Å². The molecule has 6 heteroatoms. The van der Waals surface area contributed by atoms with Crippen LogP contribution in [0.5, 0.6) is 0 Å². The third-order valence-electron chi connectivity index (χ3n) is 1.46. The molecule has 0 atom stereocenters. The first-order valence-corrected chi connectivity index (χ1v) is 5.98. The number of aromatic nitrogens is 1.